The Labute approximate surface area is 237 Å². The molecule has 3 aromatic rings. The lowest BCUT2D eigenvalue weighted by Crippen LogP contribution is -2.52. The van der Waals surface area contributed by atoms with Gasteiger partial charge in [-0.1, -0.05) is 41.9 Å². The molecule has 1 atom stereocenters. The second-order valence-corrected chi connectivity index (χ2v) is 13.8. The maximum Gasteiger partial charge on any atom is 0.251 e. The standard InChI is InChI=1S/C28H31ClFN3O4S2/c1-18-15-26(29)38-28(18)39(36,37)31-24-7-4-12-33(27(24)35)25-9-8-19(16-23(25)30)22-6-3-2-5-20(22)17-32-13-10-21(34)11-14-32/h2-3,5-6,8-9,15-16,21,24,31,34H,4,7,10-14,17H2,1H3. The van der Waals surface area contributed by atoms with E-state index in [1.165, 1.54) is 11.0 Å². The number of carbonyl (C=O) groups excluding carboxylic acids is 1. The number of hydrogen-bond donors (Lipinski definition) is 2. The fourth-order valence-corrected chi connectivity index (χ4v) is 8.51. The van der Waals surface area contributed by atoms with Gasteiger partial charge in [-0.05, 0) is 73.1 Å². The summed E-state index contributed by atoms with van der Waals surface area (Å²) in [5, 5.41) is 9.81. The monoisotopic (exact) mass is 591 g/mol. The first-order valence-electron chi connectivity index (χ1n) is 13.0. The second kappa shape index (κ2) is 11.6. The highest BCUT2D eigenvalue weighted by Gasteiger charge is 2.35. The van der Waals surface area contributed by atoms with Crippen LogP contribution in [0.2, 0.25) is 4.34 Å². The van der Waals surface area contributed by atoms with Gasteiger partial charge in [-0.3, -0.25) is 9.69 Å². The van der Waals surface area contributed by atoms with Crippen molar-refractivity contribution in [1.82, 2.24) is 9.62 Å². The zero-order valence-corrected chi connectivity index (χ0v) is 24.0. The molecule has 0 radical (unpaired) electrons. The summed E-state index contributed by atoms with van der Waals surface area (Å²) >= 11 is 6.92. The van der Waals surface area contributed by atoms with E-state index >= 15 is 4.39 Å². The van der Waals surface area contributed by atoms with Crippen LogP contribution in [0.15, 0.2) is 52.7 Å². The molecule has 11 heteroatoms. The molecule has 2 aliphatic heterocycles. The number of hydrogen-bond acceptors (Lipinski definition) is 6. The van der Waals surface area contributed by atoms with Crippen molar-refractivity contribution in [2.24, 2.45) is 0 Å². The van der Waals surface area contributed by atoms with Crippen LogP contribution >= 0.6 is 22.9 Å². The number of halogens is 2. The smallest absolute Gasteiger partial charge is 0.251 e. The Bertz CT molecular complexity index is 1470. The lowest BCUT2D eigenvalue weighted by atomic mass is 9.97. The van der Waals surface area contributed by atoms with Crippen molar-refractivity contribution in [3.05, 3.63) is 69.8 Å². The highest BCUT2D eigenvalue weighted by molar-refractivity contribution is 7.91. The number of nitrogens with zero attached hydrogens (tertiary/aromatic N) is 2. The predicted octanol–water partition coefficient (Wildman–Crippen LogP) is 4.95. The molecule has 39 heavy (non-hydrogen) atoms. The maximum absolute atomic E-state index is 15.5. The molecular formula is C28H31ClFN3O4S2. The topological polar surface area (TPSA) is 90.0 Å². The Hall–Kier alpha value is -2.34. The molecule has 1 aromatic heterocycles. The molecule has 2 fully saturated rings. The van der Waals surface area contributed by atoms with Crippen LogP contribution in [-0.2, 0) is 21.4 Å². The third kappa shape index (κ3) is 6.21. The van der Waals surface area contributed by atoms with Crippen molar-refractivity contribution < 1.29 is 22.7 Å². The fourth-order valence-electron chi connectivity index (χ4n) is 5.31. The van der Waals surface area contributed by atoms with Crippen LogP contribution in [-0.4, -0.2) is 56.1 Å². The number of aryl methyl sites for hydroxylation is 1. The quantitative estimate of drug-likeness (QED) is 0.406. The Kier molecular flexibility index (Phi) is 8.42. The summed E-state index contributed by atoms with van der Waals surface area (Å²) in [6, 6.07) is 13.3. The molecule has 7 nitrogen and oxygen atoms in total. The number of sulfonamides is 1. The summed E-state index contributed by atoms with van der Waals surface area (Å²) in [5.41, 5.74) is 3.32. The molecule has 2 saturated heterocycles. The van der Waals surface area contributed by atoms with Gasteiger partial charge in [0.2, 0.25) is 5.91 Å². The first-order valence-corrected chi connectivity index (χ1v) is 15.7. The van der Waals surface area contributed by atoms with Gasteiger partial charge in [-0.25, -0.2) is 12.8 Å². The number of aliphatic hydroxyl groups excluding tert-OH is 1. The van der Waals surface area contributed by atoms with Crippen molar-refractivity contribution in [3.63, 3.8) is 0 Å². The molecule has 2 aromatic carbocycles. The van der Waals surface area contributed by atoms with Gasteiger partial charge in [0, 0.05) is 26.2 Å². The highest BCUT2D eigenvalue weighted by atomic mass is 35.5. The zero-order valence-electron chi connectivity index (χ0n) is 21.6. The van der Waals surface area contributed by atoms with Gasteiger partial charge in [0.1, 0.15) is 16.1 Å². The average Bonchev–Trinajstić information content (AvgIpc) is 3.26. The number of nitrogens with one attached hydrogen (secondary N) is 1. The van der Waals surface area contributed by atoms with Gasteiger partial charge in [-0.2, -0.15) is 4.72 Å². The Balaban J connectivity index is 1.34. The molecule has 0 bridgehead atoms. The molecule has 1 unspecified atom stereocenters. The number of piperidine rings is 2. The molecule has 0 aliphatic carbocycles. The van der Waals surface area contributed by atoms with E-state index in [0.29, 0.717) is 41.4 Å². The van der Waals surface area contributed by atoms with Crippen molar-refractivity contribution in [3.8, 4) is 11.1 Å². The lowest BCUT2D eigenvalue weighted by Gasteiger charge is -2.33. The van der Waals surface area contributed by atoms with Crippen molar-refractivity contribution in [2.75, 3.05) is 24.5 Å². The van der Waals surface area contributed by atoms with Crippen LogP contribution in [0.25, 0.3) is 11.1 Å². The Morgan fingerprint density at radius 2 is 1.85 bits per heavy atom. The van der Waals surface area contributed by atoms with Crippen molar-refractivity contribution in [1.29, 1.82) is 0 Å². The minimum Gasteiger partial charge on any atom is -0.393 e. The van der Waals surface area contributed by atoms with Crippen LogP contribution in [0.5, 0.6) is 0 Å². The molecule has 2 N–H and O–H groups in total. The van der Waals surface area contributed by atoms with Crippen LogP contribution < -0.4 is 9.62 Å². The number of aliphatic hydroxyl groups is 1. The molecule has 3 heterocycles. The van der Waals surface area contributed by atoms with Crippen molar-refractivity contribution in [2.45, 2.75) is 55.5 Å². The highest BCUT2D eigenvalue weighted by Crippen LogP contribution is 2.33. The van der Waals surface area contributed by atoms with Gasteiger partial charge in [0.25, 0.3) is 10.0 Å². The third-order valence-electron chi connectivity index (χ3n) is 7.34. The lowest BCUT2D eigenvalue weighted by molar-refractivity contribution is -0.121. The van der Waals surface area contributed by atoms with E-state index < -0.39 is 27.8 Å². The number of benzene rings is 2. The molecular weight excluding hydrogens is 561 g/mol. The van der Waals surface area contributed by atoms with E-state index in [4.69, 9.17) is 11.6 Å². The molecule has 208 valence electrons. The fraction of sp³-hybridized carbons (Fsp3) is 0.393. The number of anilines is 1. The largest absolute Gasteiger partial charge is 0.393 e. The van der Waals surface area contributed by atoms with E-state index in [9.17, 15) is 18.3 Å². The SMILES string of the molecule is Cc1cc(Cl)sc1S(=O)(=O)NC1CCCN(c2ccc(-c3ccccc3CN3CCC(O)CC3)cc2F)C1=O. The number of likely N-dealkylation sites (tertiary alicyclic amines) is 1. The minimum atomic E-state index is -3.96. The van der Waals surface area contributed by atoms with Gasteiger partial charge in [0.05, 0.1) is 16.1 Å². The van der Waals surface area contributed by atoms with Crippen LogP contribution in [0, 0.1) is 12.7 Å². The molecule has 1 amide bonds. The zero-order chi connectivity index (χ0) is 27.7. The second-order valence-electron chi connectivity index (χ2n) is 10.2. The summed E-state index contributed by atoms with van der Waals surface area (Å²) in [7, 11) is -3.96. The Morgan fingerprint density at radius 3 is 2.54 bits per heavy atom. The van der Waals surface area contributed by atoms with E-state index in [1.54, 1.807) is 25.1 Å². The summed E-state index contributed by atoms with van der Waals surface area (Å²) in [4.78, 5) is 16.9. The molecule has 2 aliphatic rings. The predicted molar refractivity (Wildman–Crippen MR) is 152 cm³/mol. The summed E-state index contributed by atoms with van der Waals surface area (Å²) in [5.74, 6) is -1.02. The van der Waals surface area contributed by atoms with Gasteiger partial charge < -0.3 is 10.0 Å². The molecule has 0 spiro atoms. The normalized spacial score (nSPS) is 19.5. The van der Waals surface area contributed by atoms with Crippen molar-refractivity contribution >= 4 is 44.6 Å². The number of thiophene rings is 1. The molecule has 0 saturated carbocycles. The van der Waals surface area contributed by atoms with E-state index in [1.807, 2.05) is 24.3 Å². The summed E-state index contributed by atoms with van der Waals surface area (Å²) < 4.78 is 44.4. The van der Waals surface area contributed by atoms with Gasteiger partial charge in [-0.15, -0.1) is 11.3 Å². The first-order chi connectivity index (χ1) is 18.6. The summed E-state index contributed by atoms with van der Waals surface area (Å²) in [6.45, 7) is 4.27. The third-order valence-corrected chi connectivity index (χ3v) is 10.8. The van der Waals surface area contributed by atoms with E-state index in [-0.39, 0.29) is 16.0 Å². The number of rotatable bonds is 7. The van der Waals surface area contributed by atoms with E-state index in [2.05, 4.69) is 9.62 Å². The van der Waals surface area contributed by atoms with Crippen LogP contribution in [0.1, 0.15) is 36.8 Å². The minimum absolute atomic E-state index is 0.0763. The van der Waals surface area contributed by atoms with Gasteiger partial charge in [0.15, 0.2) is 0 Å². The Morgan fingerprint density at radius 1 is 1.10 bits per heavy atom. The number of amides is 1. The maximum atomic E-state index is 15.5. The summed E-state index contributed by atoms with van der Waals surface area (Å²) in [6.07, 6.45) is 2.09. The van der Waals surface area contributed by atoms with Crippen LogP contribution in [0.3, 0.4) is 0 Å². The molecule has 5 rings (SSSR count). The average molecular weight is 592 g/mol. The van der Waals surface area contributed by atoms with Crippen LogP contribution in [0.4, 0.5) is 10.1 Å². The van der Waals surface area contributed by atoms with Gasteiger partial charge >= 0.3 is 0 Å². The first kappa shape index (κ1) is 28.2. The number of carbonyl (C=O) groups is 1. The van der Waals surface area contributed by atoms with E-state index in [0.717, 1.165) is 48.4 Å².